The molecule has 1 aliphatic rings. The van der Waals surface area contributed by atoms with Crippen LogP contribution in [0, 0.1) is 0 Å². The van der Waals surface area contributed by atoms with Gasteiger partial charge in [-0.2, -0.15) is 0 Å². The minimum atomic E-state index is -3.61. The molecule has 0 radical (unpaired) electrons. The molecule has 1 amide bonds. The zero-order chi connectivity index (χ0) is 19.7. The number of fused-ring (bicyclic) bond motifs is 1. The third-order valence-corrected chi connectivity index (χ3v) is 7.41. The number of nitrogens with zero attached hydrogens (tertiary/aromatic N) is 1. The fourth-order valence-electron chi connectivity index (χ4n) is 3.61. The van der Waals surface area contributed by atoms with Gasteiger partial charge in [-0.3, -0.25) is 4.79 Å². The molecule has 1 aromatic heterocycles. The molecule has 0 bridgehead atoms. The molecular weight excluding hydrogens is 392 g/mol. The topological polar surface area (TPSA) is 66.5 Å². The van der Waals surface area contributed by atoms with E-state index in [-0.39, 0.29) is 16.8 Å². The SMILES string of the molecule is CNS(=O)(=O)c1cccc(C(=O)N2CCc3sccc3[C@H]2c2ccccc2)c1. The van der Waals surface area contributed by atoms with Crippen LogP contribution in [-0.4, -0.2) is 32.8 Å². The lowest BCUT2D eigenvalue weighted by Crippen LogP contribution is -2.40. The average molecular weight is 413 g/mol. The number of rotatable bonds is 4. The van der Waals surface area contributed by atoms with E-state index in [1.165, 1.54) is 24.1 Å². The van der Waals surface area contributed by atoms with Crippen molar-refractivity contribution in [2.45, 2.75) is 17.4 Å². The lowest BCUT2D eigenvalue weighted by Gasteiger charge is -2.36. The van der Waals surface area contributed by atoms with Crippen molar-refractivity contribution < 1.29 is 13.2 Å². The van der Waals surface area contributed by atoms with Gasteiger partial charge in [0.25, 0.3) is 5.91 Å². The number of thiophene rings is 1. The van der Waals surface area contributed by atoms with Gasteiger partial charge in [0.05, 0.1) is 10.9 Å². The van der Waals surface area contributed by atoms with E-state index < -0.39 is 10.0 Å². The van der Waals surface area contributed by atoms with Crippen molar-refractivity contribution in [1.82, 2.24) is 9.62 Å². The fraction of sp³-hybridized carbons (Fsp3) is 0.190. The summed E-state index contributed by atoms with van der Waals surface area (Å²) >= 11 is 1.72. The Morgan fingerprint density at radius 3 is 2.64 bits per heavy atom. The zero-order valence-electron chi connectivity index (χ0n) is 15.3. The fourth-order valence-corrected chi connectivity index (χ4v) is 5.29. The molecule has 1 aliphatic heterocycles. The standard InChI is InChI=1S/C21H20N2O3S2/c1-22-28(25,26)17-9-5-8-16(14-17)21(24)23-12-10-19-18(11-13-27-19)20(23)15-6-3-2-4-7-15/h2-9,11,13-14,20,22H,10,12H2,1H3/t20-/m1/s1. The van der Waals surface area contributed by atoms with Crippen LogP contribution < -0.4 is 4.72 Å². The van der Waals surface area contributed by atoms with E-state index >= 15 is 0 Å². The van der Waals surface area contributed by atoms with Crippen LogP contribution in [0.15, 0.2) is 70.9 Å². The molecule has 2 heterocycles. The van der Waals surface area contributed by atoms with E-state index in [0.717, 1.165) is 17.5 Å². The summed E-state index contributed by atoms with van der Waals surface area (Å²) in [5.41, 5.74) is 2.57. The third kappa shape index (κ3) is 3.37. The van der Waals surface area contributed by atoms with Gasteiger partial charge in [-0.05, 0) is 54.2 Å². The van der Waals surface area contributed by atoms with Crippen LogP contribution in [0.4, 0.5) is 0 Å². The lowest BCUT2D eigenvalue weighted by atomic mass is 9.92. The molecule has 0 saturated carbocycles. The summed E-state index contributed by atoms with van der Waals surface area (Å²) in [5.74, 6) is -0.168. The number of carbonyl (C=O) groups excluding carboxylic acids is 1. The van der Waals surface area contributed by atoms with Gasteiger partial charge in [0, 0.05) is 17.0 Å². The largest absolute Gasteiger partial charge is 0.327 e. The monoisotopic (exact) mass is 412 g/mol. The predicted molar refractivity (Wildman–Crippen MR) is 110 cm³/mol. The highest BCUT2D eigenvalue weighted by atomic mass is 32.2. The Balaban J connectivity index is 1.76. The van der Waals surface area contributed by atoms with Crippen molar-refractivity contribution in [3.63, 3.8) is 0 Å². The second kappa shape index (κ2) is 7.50. The summed E-state index contributed by atoms with van der Waals surface area (Å²) in [7, 11) is -2.25. The minimum Gasteiger partial charge on any atom is -0.327 e. The Bertz CT molecular complexity index is 1110. The Morgan fingerprint density at radius 1 is 1.11 bits per heavy atom. The molecule has 0 fully saturated rings. The van der Waals surface area contributed by atoms with Gasteiger partial charge >= 0.3 is 0 Å². The van der Waals surface area contributed by atoms with E-state index in [1.807, 2.05) is 35.2 Å². The molecule has 7 heteroatoms. The molecule has 28 heavy (non-hydrogen) atoms. The third-order valence-electron chi connectivity index (χ3n) is 5.00. The van der Waals surface area contributed by atoms with Gasteiger partial charge in [0.15, 0.2) is 0 Å². The Labute approximate surface area is 168 Å². The van der Waals surface area contributed by atoms with E-state index in [0.29, 0.717) is 12.1 Å². The molecule has 0 unspecified atom stereocenters. The van der Waals surface area contributed by atoms with Gasteiger partial charge in [-0.1, -0.05) is 36.4 Å². The van der Waals surface area contributed by atoms with Crippen LogP contribution in [0.3, 0.4) is 0 Å². The van der Waals surface area contributed by atoms with Crippen molar-refractivity contribution in [2.75, 3.05) is 13.6 Å². The first kappa shape index (κ1) is 18.9. The maximum atomic E-state index is 13.4. The summed E-state index contributed by atoms with van der Waals surface area (Å²) in [6, 6.07) is 18.1. The quantitative estimate of drug-likeness (QED) is 0.714. The smallest absolute Gasteiger partial charge is 0.254 e. The van der Waals surface area contributed by atoms with Gasteiger partial charge in [-0.25, -0.2) is 13.1 Å². The Kier molecular flexibility index (Phi) is 5.05. The van der Waals surface area contributed by atoms with Crippen molar-refractivity contribution in [3.8, 4) is 0 Å². The van der Waals surface area contributed by atoms with Gasteiger partial charge in [0.1, 0.15) is 0 Å². The molecule has 2 aromatic carbocycles. The van der Waals surface area contributed by atoms with E-state index in [1.54, 1.807) is 23.5 Å². The number of nitrogens with one attached hydrogen (secondary N) is 1. The second-order valence-electron chi connectivity index (χ2n) is 6.60. The summed E-state index contributed by atoms with van der Waals surface area (Å²) in [5, 5.41) is 2.06. The molecule has 144 valence electrons. The van der Waals surface area contributed by atoms with Gasteiger partial charge < -0.3 is 4.90 Å². The number of hydrogen-bond acceptors (Lipinski definition) is 4. The predicted octanol–water partition coefficient (Wildman–Crippen LogP) is 3.44. The molecule has 5 nitrogen and oxygen atoms in total. The van der Waals surface area contributed by atoms with Crippen LogP contribution in [0.1, 0.15) is 32.4 Å². The first-order valence-corrected chi connectivity index (χ1v) is 11.3. The zero-order valence-corrected chi connectivity index (χ0v) is 17.0. The molecule has 1 N–H and O–H groups in total. The molecule has 0 aliphatic carbocycles. The number of amides is 1. The lowest BCUT2D eigenvalue weighted by molar-refractivity contribution is 0.0696. The average Bonchev–Trinajstić information content (AvgIpc) is 3.22. The second-order valence-corrected chi connectivity index (χ2v) is 9.48. The van der Waals surface area contributed by atoms with Gasteiger partial charge in [0.2, 0.25) is 10.0 Å². The Morgan fingerprint density at radius 2 is 1.89 bits per heavy atom. The van der Waals surface area contributed by atoms with Crippen LogP contribution in [0.2, 0.25) is 0 Å². The number of benzene rings is 2. The minimum absolute atomic E-state index is 0.0883. The van der Waals surface area contributed by atoms with Crippen LogP contribution in [0.5, 0.6) is 0 Å². The van der Waals surface area contributed by atoms with Crippen molar-refractivity contribution in [3.05, 3.63) is 87.6 Å². The normalized spacial score (nSPS) is 16.6. The van der Waals surface area contributed by atoms with Crippen LogP contribution >= 0.6 is 11.3 Å². The highest BCUT2D eigenvalue weighted by Crippen LogP contribution is 2.38. The summed E-state index contributed by atoms with van der Waals surface area (Å²) in [4.78, 5) is 16.6. The van der Waals surface area contributed by atoms with E-state index in [9.17, 15) is 13.2 Å². The highest BCUT2D eigenvalue weighted by Gasteiger charge is 2.33. The van der Waals surface area contributed by atoms with Crippen LogP contribution in [0.25, 0.3) is 0 Å². The van der Waals surface area contributed by atoms with Crippen molar-refractivity contribution >= 4 is 27.3 Å². The summed E-state index contributed by atoms with van der Waals surface area (Å²) in [6.45, 7) is 0.592. The van der Waals surface area contributed by atoms with Gasteiger partial charge in [-0.15, -0.1) is 11.3 Å². The Hall–Kier alpha value is -2.48. The maximum Gasteiger partial charge on any atom is 0.254 e. The van der Waals surface area contributed by atoms with E-state index in [2.05, 4.69) is 16.2 Å². The van der Waals surface area contributed by atoms with E-state index in [4.69, 9.17) is 0 Å². The first-order valence-electron chi connectivity index (χ1n) is 8.97. The molecule has 0 saturated heterocycles. The maximum absolute atomic E-state index is 13.4. The highest BCUT2D eigenvalue weighted by molar-refractivity contribution is 7.89. The molecule has 1 atom stereocenters. The number of carbonyl (C=O) groups is 1. The van der Waals surface area contributed by atoms with Crippen molar-refractivity contribution in [1.29, 1.82) is 0 Å². The summed E-state index contributed by atoms with van der Waals surface area (Å²) in [6.07, 6.45) is 0.802. The first-order chi connectivity index (χ1) is 13.5. The van der Waals surface area contributed by atoms with Crippen LogP contribution in [-0.2, 0) is 16.4 Å². The summed E-state index contributed by atoms with van der Waals surface area (Å²) < 4.78 is 26.6. The van der Waals surface area contributed by atoms with Crippen molar-refractivity contribution in [2.24, 2.45) is 0 Å². The molecule has 3 aromatic rings. The molecule has 4 rings (SSSR count). The number of sulfonamides is 1. The molecular formula is C21H20N2O3S2. The number of hydrogen-bond donors (Lipinski definition) is 1. The molecule has 0 spiro atoms.